The maximum atomic E-state index is 12.6. The molecular weight excluding hydrogens is 344 g/mol. The number of hydrogen-bond acceptors (Lipinski definition) is 4. The maximum Gasteiger partial charge on any atom is 0.341 e. The van der Waals surface area contributed by atoms with Crippen molar-refractivity contribution < 1.29 is 19.4 Å². The highest BCUT2D eigenvalue weighted by atomic mass is 16.5. The number of ether oxygens (including phenoxy) is 1. The van der Waals surface area contributed by atoms with E-state index >= 15 is 0 Å². The third-order valence-electron chi connectivity index (χ3n) is 4.73. The largest absolute Gasteiger partial charge is 0.482 e. The van der Waals surface area contributed by atoms with Crippen molar-refractivity contribution in [2.75, 3.05) is 24.6 Å². The highest BCUT2D eigenvalue weighted by molar-refractivity contribution is 5.95. The van der Waals surface area contributed by atoms with Gasteiger partial charge in [-0.05, 0) is 43.7 Å². The summed E-state index contributed by atoms with van der Waals surface area (Å²) in [4.78, 5) is 27.2. The maximum absolute atomic E-state index is 12.6. The molecule has 1 saturated heterocycles. The minimum absolute atomic E-state index is 0.0957. The molecule has 0 spiro atoms. The molecule has 1 amide bonds. The van der Waals surface area contributed by atoms with Gasteiger partial charge in [0.1, 0.15) is 5.75 Å². The molecular formula is C21H24N2O4. The van der Waals surface area contributed by atoms with Crippen molar-refractivity contribution >= 4 is 17.6 Å². The number of amides is 1. The van der Waals surface area contributed by atoms with Crippen LogP contribution < -0.4 is 9.64 Å². The molecule has 27 heavy (non-hydrogen) atoms. The number of carbonyl (C=O) groups excluding carboxylic acids is 1. The van der Waals surface area contributed by atoms with Crippen LogP contribution >= 0.6 is 0 Å². The predicted molar refractivity (Wildman–Crippen MR) is 103 cm³/mol. The molecule has 2 aromatic carbocycles. The Balaban J connectivity index is 1.61. The number of carbonyl (C=O) groups is 2. The molecule has 1 aliphatic heterocycles. The van der Waals surface area contributed by atoms with E-state index in [0.29, 0.717) is 25.4 Å². The van der Waals surface area contributed by atoms with Crippen LogP contribution in [-0.4, -0.2) is 47.6 Å². The molecule has 6 heteroatoms. The monoisotopic (exact) mass is 368 g/mol. The van der Waals surface area contributed by atoms with Gasteiger partial charge in [0.05, 0.1) is 6.54 Å². The second kappa shape index (κ2) is 8.22. The Bertz CT molecular complexity index is 802. The molecule has 1 heterocycles. The SMILES string of the molecule is Cc1ccc(N2C[C@@H](C)N(Cc3ccc(OCC(=O)O)cc3)CC2=O)cc1. The van der Waals surface area contributed by atoms with Crippen molar-refractivity contribution in [2.24, 2.45) is 0 Å². The van der Waals surface area contributed by atoms with Gasteiger partial charge in [-0.25, -0.2) is 4.79 Å². The molecule has 0 unspecified atom stereocenters. The molecule has 0 aromatic heterocycles. The molecule has 0 saturated carbocycles. The molecule has 0 bridgehead atoms. The van der Waals surface area contributed by atoms with E-state index < -0.39 is 5.97 Å². The van der Waals surface area contributed by atoms with Crippen LogP contribution in [0, 0.1) is 6.92 Å². The van der Waals surface area contributed by atoms with Crippen molar-refractivity contribution in [3.63, 3.8) is 0 Å². The Morgan fingerprint density at radius 1 is 1.15 bits per heavy atom. The molecule has 6 nitrogen and oxygen atoms in total. The lowest BCUT2D eigenvalue weighted by molar-refractivity contribution is -0.139. The lowest BCUT2D eigenvalue weighted by Gasteiger charge is -2.39. The fourth-order valence-electron chi connectivity index (χ4n) is 3.15. The van der Waals surface area contributed by atoms with Crippen LogP contribution in [0.25, 0.3) is 0 Å². The van der Waals surface area contributed by atoms with E-state index in [9.17, 15) is 9.59 Å². The number of anilines is 1. The standard InChI is InChI=1S/C21H24N2O4/c1-15-3-7-18(8-4-15)23-11-16(2)22(13-20(23)24)12-17-5-9-19(10-6-17)27-14-21(25)26/h3-10,16H,11-14H2,1-2H3,(H,25,26)/t16-/m1/s1. The van der Waals surface area contributed by atoms with Crippen LogP contribution in [0.1, 0.15) is 18.1 Å². The fourth-order valence-corrected chi connectivity index (χ4v) is 3.15. The number of piperazine rings is 1. The van der Waals surface area contributed by atoms with Gasteiger partial charge < -0.3 is 14.7 Å². The normalized spacial score (nSPS) is 17.8. The Morgan fingerprint density at radius 3 is 2.44 bits per heavy atom. The smallest absolute Gasteiger partial charge is 0.341 e. The molecule has 0 radical (unpaired) electrons. The highest BCUT2D eigenvalue weighted by Crippen LogP contribution is 2.22. The second-order valence-electron chi connectivity index (χ2n) is 6.92. The average molecular weight is 368 g/mol. The van der Waals surface area contributed by atoms with E-state index in [1.165, 1.54) is 5.56 Å². The molecule has 1 N–H and O–H groups in total. The summed E-state index contributed by atoms with van der Waals surface area (Å²) in [5, 5.41) is 8.65. The van der Waals surface area contributed by atoms with Crippen LogP contribution in [-0.2, 0) is 16.1 Å². The summed E-state index contributed by atoms with van der Waals surface area (Å²) in [5.41, 5.74) is 3.17. The fraction of sp³-hybridized carbons (Fsp3) is 0.333. The van der Waals surface area contributed by atoms with Gasteiger partial charge in [0, 0.05) is 24.8 Å². The first-order valence-corrected chi connectivity index (χ1v) is 8.97. The third-order valence-corrected chi connectivity index (χ3v) is 4.73. The summed E-state index contributed by atoms with van der Waals surface area (Å²) in [7, 11) is 0. The number of carboxylic acid groups (broad SMARTS) is 1. The number of aliphatic carboxylic acids is 1. The summed E-state index contributed by atoms with van der Waals surface area (Å²) in [6.45, 7) is 5.48. The number of rotatable bonds is 6. The minimum atomic E-state index is -1.00. The van der Waals surface area contributed by atoms with Crippen LogP contribution in [0.15, 0.2) is 48.5 Å². The number of nitrogens with zero attached hydrogens (tertiary/aromatic N) is 2. The summed E-state index contributed by atoms with van der Waals surface area (Å²) >= 11 is 0. The quantitative estimate of drug-likeness (QED) is 0.849. The highest BCUT2D eigenvalue weighted by Gasteiger charge is 2.30. The van der Waals surface area contributed by atoms with Gasteiger partial charge in [-0.1, -0.05) is 29.8 Å². The van der Waals surface area contributed by atoms with E-state index in [1.807, 2.05) is 48.2 Å². The lowest BCUT2D eigenvalue weighted by atomic mass is 10.1. The van der Waals surface area contributed by atoms with Gasteiger partial charge >= 0.3 is 5.97 Å². The van der Waals surface area contributed by atoms with Gasteiger partial charge in [-0.3, -0.25) is 9.69 Å². The minimum Gasteiger partial charge on any atom is -0.482 e. The van der Waals surface area contributed by atoms with Gasteiger partial charge in [-0.15, -0.1) is 0 Å². The zero-order valence-electron chi connectivity index (χ0n) is 15.6. The van der Waals surface area contributed by atoms with Crippen molar-refractivity contribution in [3.05, 3.63) is 59.7 Å². The van der Waals surface area contributed by atoms with Gasteiger partial charge in [-0.2, -0.15) is 0 Å². The van der Waals surface area contributed by atoms with E-state index in [1.54, 1.807) is 12.1 Å². The van der Waals surface area contributed by atoms with E-state index in [-0.39, 0.29) is 18.6 Å². The molecule has 3 rings (SSSR count). The summed E-state index contributed by atoms with van der Waals surface area (Å²) < 4.78 is 5.15. The summed E-state index contributed by atoms with van der Waals surface area (Å²) in [6, 6.07) is 15.6. The summed E-state index contributed by atoms with van der Waals surface area (Å²) in [5.74, 6) is -0.384. The topological polar surface area (TPSA) is 70.1 Å². The Kier molecular flexibility index (Phi) is 5.76. The number of benzene rings is 2. The second-order valence-corrected chi connectivity index (χ2v) is 6.92. The molecule has 2 aromatic rings. The van der Waals surface area contributed by atoms with Crippen LogP contribution in [0.4, 0.5) is 5.69 Å². The van der Waals surface area contributed by atoms with E-state index in [0.717, 1.165) is 11.3 Å². The van der Waals surface area contributed by atoms with Gasteiger partial charge in [0.15, 0.2) is 6.61 Å². The average Bonchev–Trinajstić information content (AvgIpc) is 2.64. The van der Waals surface area contributed by atoms with Crippen LogP contribution in [0.5, 0.6) is 5.75 Å². The first-order valence-electron chi connectivity index (χ1n) is 8.97. The van der Waals surface area contributed by atoms with Crippen molar-refractivity contribution in [1.29, 1.82) is 0 Å². The van der Waals surface area contributed by atoms with Crippen LogP contribution in [0.3, 0.4) is 0 Å². The summed E-state index contributed by atoms with van der Waals surface area (Å²) in [6.07, 6.45) is 0. The third kappa shape index (κ3) is 4.86. The Morgan fingerprint density at radius 2 is 1.81 bits per heavy atom. The molecule has 1 fully saturated rings. The first kappa shape index (κ1) is 18.9. The Labute approximate surface area is 159 Å². The number of carboxylic acids is 1. The number of hydrogen-bond donors (Lipinski definition) is 1. The zero-order chi connectivity index (χ0) is 19.4. The first-order chi connectivity index (χ1) is 12.9. The van der Waals surface area contributed by atoms with Crippen LogP contribution in [0.2, 0.25) is 0 Å². The van der Waals surface area contributed by atoms with Gasteiger partial charge in [0.2, 0.25) is 5.91 Å². The molecule has 1 aliphatic rings. The molecule has 1 atom stereocenters. The number of aryl methyl sites for hydroxylation is 1. The van der Waals surface area contributed by atoms with E-state index in [2.05, 4.69) is 11.8 Å². The molecule has 142 valence electrons. The molecule has 0 aliphatic carbocycles. The van der Waals surface area contributed by atoms with Crippen molar-refractivity contribution in [2.45, 2.75) is 26.4 Å². The van der Waals surface area contributed by atoms with Crippen molar-refractivity contribution in [1.82, 2.24) is 4.90 Å². The predicted octanol–water partition coefficient (Wildman–Crippen LogP) is 2.70. The van der Waals surface area contributed by atoms with Gasteiger partial charge in [0.25, 0.3) is 0 Å². The zero-order valence-corrected chi connectivity index (χ0v) is 15.6. The lowest BCUT2D eigenvalue weighted by Crippen LogP contribution is -2.54. The van der Waals surface area contributed by atoms with E-state index in [4.69, 9.17) is 9.84 Å². The Hall–Kier alpha value is -2.86. The van der Waals surface area contributed by atoms with Crippen molar-refractivity contribution in [3.8, 4) is 5.75 Å².